The molecule has 1 fully saturated rings. The predicted molar refractivity (Wildman–Crippen MR) is 171 cm³/mol. The van der Waals surface area contributed by atoms with Crippen LogP contribution in [0.15, 0.2) is 64.3 Å². The number of carbonyl (C=O) groups is 2. The van der Waals surface area contributed by atoms with E-state index in [1.807, 2.05) is 25.1 Å². The molecule has 1 amide bonds. The molecule has 5 rings (SSSR count). The number of ketones is 1. The number of halogens is 1. The summed E-state index contributed by atoms with van der Waals surface area (Å²) in [5.41, 5.74) is 9.04. The Morgan fingerprint density at radius 3 is 2.47 bits per heavy atom. The number of amides is 1. The van der Waals surface area contributed by atoms with Crippen LogP contribution < -0.4 is 10.6 Å². The van der Waals surface area contributed by atoms with Gasteiger partial charge >= 0.3 is 0 Å². The summed E-state index contributed by atoms with van der Waals surface area (Å²) in [7, 11) is 7.17. The summed E-state index contributed by atoms with van der Waals surface area (Å²) in [6.45, 7) is 3.49. The fraction of sp³-hybridized carbons (Fsp3) is 0.324. The maximum Gasteiger partial charge on any atom is 0.251 e. The summed E-state index contributed by atoms with van der Waals surface area (Å²) in [5, 5.41) is 33.3. The molecule has 0 saturated heterocycles. The monoisotopic (exact) mass is 616 g/mol. The number of nitrogens with zero attached hydrogens (tertiary/aromatic N) is 3. The Labute approximate surface area is 260 Å². The van der Waals surface area contributed by atoms with Crippen molar-refractivity contribution in [2.24, 2.45) is 17.6 Å². The molecule has 1 saturated carbocycles. The average molecular weight is 617 g/mol. The standard InChI is InChI=1S/C34H37FN4O6/c1-6-24(40)29(34(36)44)32(43)30(39(4)5)19-13-18-14-21-23(38(2)3)16-22-33(28(21)31(42)27(18)25(41)15-19)45-26(37-22)12-9-17-7-10-20(35)11-8-17/h6-12,16,18-19,24,30,40,42-43H,1,13-15H2,2-5H3,(H2,36,44)/b12-9+,32-29-/t18?,19?,24-,30-/m0/s1. The highest BCUT2D eigenvalue weighted by Crippen LogP contribution is 2.48. The minimum atomic E-state index is -1.48. The maximum absolute atomic E-state index is 13.8. The van der Waals surface area contributed by atoms with Crippen molar-refractivity contribution in [1.29, 1.82) is 0 Å². The lowest BCUT2D eigenvalue weighted by molar-refractivity contribution is -0.119. The van der Waals surface area contributed by atoms with E-state index in [1.165, 1.54) is 12.1 Å². The topological polar surface area (TPSA) is 153 Å². The van der Waals surface area contributed by atoms with Crippen LogP contribution in [0.3, 0.4) is 0 Å². The summed E-state index contributed by atoms with van der Waals surface area (Å²) in [5.74, 6) is -2.76. The number of nitrogens with two attached hydrogens (primary N) is 1. The molecule has 2 aliphatic rings. The number of likely N-dealkylation sites (N-methyl/N-ethyl adjacent to an activating group) is 1. The normalized spacial score (nSPS) is 20.2. The molecule has 2 unspecified atom stereocenters. The van der Waals surface area contributed by atoms with E-state index in [0.717, 1.165) is 22.9 Å². The Hall–Kier alpha value is -4.74. The number of carbonyl (C=O) groups excluding carboxylic acids is 2. The Kier molecular flexibility index (Phi) is 8.68. The summed E-state index contributed by atoms with van der Waals surface area (Å²) < 4.78 is 19.4. The van der Waals surface area contributed by atoms with Gasteiger partial charge in [-0.3, -0.25) is 14.5 Å². The van der Waals surface area contributed by atoms with Gasteiger partial charge in [0.1, 0.15) is 29.0 Å². The zero-order valence-corrected chi connectivity index (χ0v) is 25.6. The average Bonchev–Trinajstić information content (AvgIpc) is 3.38. The minimum Gasteiger partial charge on any atom is -0.510 e. The number of allylic oxidation sites excluding steroid dienone is 1. The van der Waals surface area contributed by atoms with E-state index in [-0.39, 0.29) is 40.8 Å². The van der Waals surface area contributed by atoms with Crippen LogP contribution in [0.25, 0.3) is 29.0 Å². The van der Waals surface area contributed by atoms with Crippen LogP contribution in [-0.4, -0.2) is 77.2 Å². The number of fused-ring (bicyclic) bond motifs is 4. The second kappa shape index (κ2) is 12.3. The van der Waals surface area contributed by atoms with E-state index in [4.69, 9.17) is 10.2 Å². The van der Waals surface area contributed by atoms with Crippen molar-refractivity contribution in [1.82, 2.24) is 9.88 Å². The molecule has 0 aliphatic heterocycles. The summed E-state index contributed by atoms with van der Waals surface area (Å²) in [6, 6.07) is 7.04. The van der Waals surface area contributed by atoms with Gasteiger partial charge in [-0.05, 0) is 74.2 Å². The fourth-order valence-corrected chi connectivity index (χ4v) is 6.64. The van der Waals surface area contributed by atoms with Gasteiger partial charge in [0.2, 0.25) is 5.89 Å². The van der Waals surface area contributed by atoms with Gasteiger partial charge in [-0.15, -0.1) is 6.58 Å². The number of anilines is 1. The SMILES string of the molecule is C=C[C@H](O)/C(C(N)=O)=C(/O)[C@H](C1CC(=O)C2=C(O)c3c(c(N(C)C)cc4nc(/C=C/c5ccc(F)cc5)oc34)CC2C1)N(C)C. The highest BCUT2D eigenvalue weighted by atomic mass is 19.1. The summed E-state index contributed by atoms with van der Waals surface area (Å²) in [4.78, 5) is 34.2. The van der Waals surface area contributed by atoms with Crippen molar-refractivity contribution in [2.75, 3.05) is 33.1 Å². The highest BCUT2D eigenvalue weighted by Gasteiger charge is 2.44. The van der Waals surface area contributed by atoms with Crippen LogP contribution in [0, 0.1) is 17.7 Å². The van der Waals surface area contributed by atoms with Crippen LogP contribution in [0.4, 0.5) is 10.1 Å². The first-order chi connectivity index (χ1) is 21.3. The Balaban J connectivity index is 1.57. The molecule has 2 aromatic carbocycles. The number of benzene rings is 2. The molecule has 236 valence electrons. The highest BCUT2D eigenvalue weighted by molar-refractivity contribution is 6.07. The number of oxazole rings is 1. The Morgan fingerprint density at radius 1 is 1.18 bits per heavy atom. The predicted octanol–water partition coefficient (Wildman–Crippen LogP) is 4.40. The van der Waals surface area contributed by atoms with E-state index < -0.39 is 35.6 Å². The van der Waals surface area contributed by atoms with Crippen LogP contribution in [-0.2, 0) is 16.0 Å². The van der Waals surface area contributed by atoms with E-state index in [0.29, 0.717) is 29.5 Å². The molecule has 3 aromatic rings. The lowest BCUT2D eigenvalue weighted by Gasteiger charge is -2.40. The first kappa shape index (κ1) is 31.7. The van der Waals surface area contributed by atoms with Crippen molar-refractivity contribution in [3.8, 4) is 0 Å². The minimum absolute atomic E-state index is 0.0209. The van der Waals surface area contributed by atoms with Crippen molar-refractivity contribution >= 4 is 46.4 Å². The lowest BCUT2D eigenvalue weighted by Crippen LogP contribution is -2.44. The quantitative estimate of drug-likeness (QED) is 0.156. The molecule has 1 aromatic heterocycles. The molecule has 2 aliphatic carbocycles. The first-order valence-electron chi connectivity index (χ1n) is 14.6. The van der Waals surface area contributed by atoms with Gasteiger partial charge in [-0.1, -0.05) is 18.2 Å². The third-order valence-corrected chi connectivity index (χ3v) is 8.58. The van der Waals surface area contributed by atoms with Gasteiger partial charge < -0.3 is 30.4 Å². The number of aromatic nitrogens is 1. The van der Waals surface area contributed by atoms with Gasteiger partial charge in [-0.2, -0.15) is 0 Å². The molecular formula is C34H37FN4O6. The number of hydrogen-bond donors (Lipinski definition) is 4. The smallest absolute Gasteiger partial charge is 0.251 e. The molecule has 4 atom stereocenters. The molecule has 11 heteroatoms. The lowest BCUT2D eigenvalue weighted by atomic mass is 9.67. The van der Waals surface area contributed by atoms with Crippen LogP contribution >= 0.6 is 0 Å². The number of aliphatic hydroxyl groups excluding tert-OH is 3. The zero-order valence-electron chi connectivity index (χ0n) is 25.6. The summed E-state index contributed by atoms with van der Waals surface area (Å²) >= 11 is 0. The number of hydrogen-bond acceptors (Lipinski definition) is 9. The van der Waals surface area contributed by atoms with E-state index >= 15 is 0 Å². The molecule has 0 bridgehead atoms. The number of primary amides is 1. The number of Topliss-reactive ketones (excluding diaryl/α,β-unsaturated/α-hetero) is 1. The number of aliphatic hydroxyl groups is 3. The van der Waals surface area contributed by atoms with E-state index in [1.54, 1.807) is 43.3 Å². The third-order valence-electron chi connectivity index (χ3n) is 8.58. The van der Waals surface area contributed by atoms with Crippen molar-refractivity contribution in [3.63, 3.8) is 0 Å². The molecule has 10 nitrogen and oxygen atoms in total. The second-order valence-corrected chi connectivity index (χ2v) is 12.0. The Morgan fingerprint density at radius 2 is 1.87 bits per heavy atom. The van der Waals surface area contributed by atoms with E-state index in [2.05, 4.69) is 11.6 Å². The largest absolute Gasteiger partial charge is 0.510 e. The molecular weight excluding hydrogens is 579 g/mol. The van der Waals surface area contributed by atoms with Crippen molar-refractivity contribution in [2.45, 2.75) is 31.4 Å². The van der Waals surface area contributed by atoms with Crippen LogP contribution in [0.1, 0.15) is 35.4 Å². The Bertz CT molecular complexity index is 1770. The molecule has 45 heavy (non-hydrogen) atoms. The zero-order chi connectivity index (χ0) is 32.7. The second-order valence-electron chi connectivity index (χ2n) is 12.0. The maximum atomic E-state index is 13.8. The number of rotatable bonds is 9. The molecule has 1 heterocycles. The van der Waals surface area contributed by atoms with Gasteiger partial charge in [-0.25, -0.2) is 9.37 Å². The molecule has 0 spiro atoms. The van der Waals surface area contributed by atoms with Gasteiger partial charge in [0.05, 0.1) is 17.2 Å². The van der Waals surface area contributed by atoms with Crippen LogP contribution in [0.2, 0.25) is 0 Å². The van der Waals surface area contributed by atoms with Crippen molar-refractivity contribution < 1.29 is 33.7 Å². The molecule has 5 N–H and O–H groups in total. The van der Waals surface area contributed by atoms with Gasteiger partial charge in [0.25, 0.3) is 5.91 Å². The van der Waals surface area contributed by atoms with Crippen LogP contribution in [0.5, 0.6) is 0 Å². The molecule has 0 radical (unpaired) electrons. The third kappa shape index (κ3) is 5.88. The van der Waals surface area contributed by atoms with E-state index in [9.17, 15) is 29.3 Å². The van der Waals surface area contributed by atoms with Crippen molar-refractivity contribution in [3.05, 3.63) is 88.3 Å². The fourth-order valence-electron chi connectivity index (χ4n) is 6.64. The van der Waals surface area contributed by atoms with Gasteiger partial charge in [0.15, 0.2) is 11.4 Å². The summed E-state index contributed by atoms with van der Waals surface area (Å²) in [6.07, 6.45) is 3.81. The van der Waals surface area contributed by atoms with Gasteiger partial charge in [0, 0.05) is 37.9 Å². The first-order valence-corrected chi connectivity index (χ1v) is 14.6.